The number of amides is 1. The number of hydrogen-bond donors (Lipinski definition) is 2. The minimum absolute atomic E-state index is 0.119. The number of rotatable bonds is 7. The summed E-state index contributed by atoms with van der Waals surface area (Å²) in [6, 6.07) is 3.94. The largest absolute Gasteiger partial charge is 0.480 e. The van der Waals surface area contributed by atoms with Crippen molar-refractivity contribution in [3.8, 4) is 0 Å². The number of nitro benzene ring substituents is 1. The maximum atomic E-state index is 10.9. The maximum Gasteiger partial charge on any atom is 0.317 e. The molecule has 0 spiro atoms. The number of carboxylic acids is 1. The van der Waals surface area contributed by atoms with Gasteiger partial charge in [0.15, 0.2) is 0 Å². The Morgan fingerprint density at radius 2 is 2.05 bits per heavy atom. The standard InChI is InChI=1S/C11H12ClN3O5/c12-8-1-2-9(15(19)20)7(3-8)4-14(5-10(13)16)6-11(17)18/h1-3H,4-6H2,(H2,13,16)(H,17,18). The summed E-state index contributed by atoms with van der Waals surface area (Å²) in [4.78, 5) is 33.1. The Kier molecular flexibility index (Phi) is 5.42. The SMILES string of the molecule is NC(=O)CN(CC(=O)O)Cc1cc(Cl)ccc1[N+](=O)[O-]. The van der Waals surface area contributed by atoms with E-state index in [1.807, 2.05) is 0 Å². The third-order valence-electron chi connectivity index (χ3n) is 2.37. The predicted octanol–water partition coefficient (Wildman–Crippen LogP) is 0.620. The van der Waals surface area contributed by atoms with Gasteiger partial charge in [-0.15, -0.1) is 0 Å². The van der Waals surface area contributed by atoms with Crippen molar-refractivity contribution in [2.24, 2.45) is 5.73 Å². The number of hydrogen-bond acceptors (Lipinski definition) is 5. The molecule has 3 N–H and O–H groups in total. The van der Waals surface area contributed by atoms with Crippen LogP contribution in [0.5, 0.6) is 0 Å². The second kappa shape index (κ2) is 6.83. The van der Waals surface area contributed by atoms with Crippen LogP contribution >= 0.6 is 11.6 Å². The average Bonchev–Trinajstić information content (AvgIpc) is 2.26. The lowest BCUT2D eigenvalue weighted by Crippen LogP contribution is -2.37. The first kappa shape index (κ1) is 15.9. The molecule has 0 heterocycles. The molecule has 1 rings (SSSR count). The molecular formula is C11H12ClN3O5. The predicted molar refractivity (Wildman–Crippen MR) is 70.2 cm³/mol. The molecule has 0 saturated carbocycles. The van der Waals surface area contributed by atoms with Crippen LogP contribution in [0.2, 0.25) is 5.02 Å². The van der Waals surface area contributed by atoms with Gasteiger partial charge < -0.3 is 10.8 Å². The van der Waals surface area contributed by atoms with Crippen molar-refractivity contribution in [3.63, 3.8) is 0 Å². The van der Waals surface area contributed by atoms with Crippen molar-refractivity contribution in [3.05, 3.63) is 38.9 Å². The summed E-state index contributed by atoms with van der Waals surface area (Å²) in [5.41, 5.74) is 5.03. The normalized spacial score (nSPS) is 10.5. The molecule has 1 aromatic rings. The molecule has 108 valence electrons. The molecule has 1 aromatic carbocycles. The lowest BCUT2D eigenvalue weighted by atomic mass is 10.1. The summed E-state index contributed by atoms with van der Waals surface area (Å²) in [5.74, 6) is -1.90. The van der Waals surface area contributed by atoms with Gasteiger partial charge in [0, 0.05) is 23.2 Å². The van der Waals surface area contributed by atoms with Crippen LogP contribution in [0.4, 0.5) is 5.69 Å². The number of carboxylic acid groups (broad SMARTS) is 1. The van der Waals surface area contributed by atoms with Crippen LogP contribution in [0.1, 0.15) is 5.56 Å². The highest BCUT2D eigenvalue weighted by molar-refractivity contribution is 6.30. The first-order valence-electron chi connectivity index (χ1n) is 5.45. The fourth-order valence-electron chi connectivity index (χ4n) is 1.68. The van der Waals surface area contributed by atoms with Crippen molar-refractivity contribution >= 4 is 29.2 Å². The molecule has 0 aromatic heterocycles. The molecule has 9 heteroatoms. The summed E-state index contributed by atoms with van der Waals surface area (Å²) in [7, 11) is 0. The van der Waals surface area contributed by atoms with Gasteiger partial charge in [-0.1, -0.05) is 11.6 Å². The zero-order chi connectivity index (χ0) is 15.3. The van der Waals surface area contributed by atoms with Crippen LogP contribution in [0.25, 0.3) is 0 Å². The van der Waals surface area contributed by atoms with Crippen molar-refractivity contribution in [2.75, 3.05) is 13.1 Å². The van der Waals surface area contributed by atoms with Crippen molar-refractivity contribution in [1.82, 2.24) is 4.90 Å². The van der Waals surface area contributed by atoms with Crippen LogP contribution in [-0.4, -0.2) is 39.9 Å². The summed E-state index contributed by atoms with van der Waals surface area (Å²) >= 11 is 5.77. The highest BCUT2D eigenvalue weighted by Crippen LogP contribution is 2.24. The highest BCUT2D eigenvalue weighted by atomic mass is 35.5. The molecule has 0 saturated heterocycles. The smallest absolute Gasteiger partial charge is 0.317 e. The van der Waals surface area contributed by atoms with Gasteiger partial charge in [0.25, 0.3) is 5.69 Å². The van der Waals surface area contributed by atoms with Gasteiger partial charge in [-0.05, 0) is 12.1 Å². The van der Waals surface area contributed by atoms with Gasteiger partial charge in [0.05, 0.1) is 18.0 Å². The first-order chi connectivity index (χ1) is 9.29. The molecule has 20 heavy (non-hydrogen) atoms. The Morgan fingerprint density at radius 3 is 2.55 bits per heavy atom. The number of aliphatic carboxylic acids is 1. The third-order valence-corrected chi connectivity index (χ3v) is 2.61. The number of carbonyl (C=O) groups excluding carboxylic acids is 1. The molecule has 8 nitrogen and oxygen atoms in total. The number of nitrogens with zero attached hydrogens (tertiary/aromatic N) is 2. The number of carbonyl (C=O) groups is 2. The topological polar surface area (TPSA) is 127 Å². The summed E-state index contributed by atoms with van der Waals surface area (Å²) in [6.07, 6.45) is 0. The van der Waals surface area contributed by atoms with Crippen molar-refractivity contribution in [2.45, 2.75) is 6.54 Å². The monoisotopic (exact) mass is 301 g/mol. The summed E-state index contributed by atoms with van der Waals surface area (Å²) in [6.45, 7) is -0.908. The second-order valence-electron chi connectivity index (χ2n) is 4.04. The van der Waals surface area contributed by atoms with Crippen molar-refractivity contribution in [1.29, 1.82) is 0 Å². The van der Waals surface area contributed by atoms with Crippen LogP contribution in [0.15, 0.2) is 18.2 Å². The molecule has 0 fully saturated rings. The van der Waals surface area contributed by atoms with E-state index in [0.717, 1.165) is 0 Å². The summed E-state index contributed by atoms with van der Waals surface area (Å²) in [5, 5.41) is 19.9. The number of benzene rings is 1. The lowest BCUT2D eigenvalue weighted by Gasteiger charge is -2.18. The van der Waals surface area contributed by atoms with Gasteiger partial charge in [-0.25, -0.2) is 0 Å². The molecule has 0 radical (unpaired) electrons. The van der Waals surface area contributed by atoms with E-state index in [0.29, 0.717) is 0 Å². The van der Waals surface area contributed by atoms with Crippen LogP contribution in [-0.2, 0) is 16.1 Å². The average molecular weight is 302 g/mol. The Morgan fingerprint density at radius 1 is 1.40 bits per heavy atom. The molecular weight excluding hydrogens is 290 g/mol. The van der Waals surface area contributed by atoms with E-state index in [1.54, 1.807) is 0 Å². The number of nitrogens with two attached hydrogens (primary N) is 1. The van der Waals surface area contributed by atoms with Gasteiger partial charge in [-0.2, -0.15) is 0 Å². The van der Waals surface area contributed by atoms with Gasteiger partial charge in [-0.3, -0.25) is 24.6 Å². The Labute approximate surface area is 118 Å². The summed E-state index contributed by atoms with van der Waals surface area (Å²) < 4.78 is 0. The van der Waals surface area contributed by atoms with Crippen molar-refractivity contribution < 1.29 is 19.6 Å². The van der Waals surface area contributed by atoms with Crippen LogP contribution in [0, 0.1) is 10.1 Å². The molecule has 1 amide bonds. The van der Waals surface area contributed by atoms with E-state index < -0.39 is 23.3 Å². The number of primary amides is 1. The Bertz CT molecular complexity index is 533. The molecule has 0 unspecified atom stereocenters. The van der Waals surface area contributed by atoms with E-state index in [1.165, 1.54) is 23.1 Å². The molecule has 0 bridgehead atoms. The van der Waals surface area contributed by atoms with Gasteiger partial charge >= 0.3 is 5.97 Å². The maximum absolute atomic E-state index is 10.9. The minimum atomic E-state index is -1.17. The Balaban J connectivity index is 3.02. The minimum Gasteiger partial charge on any atom is -0.480 e. The van der Waals surface area contributed by atoms with E-state index in [4.69, 9.17) is 22.4 Å². The van der Waals surface area contributed by atoms with E-state index in [9.17, 15) is 19.7 Å². The number of halogens is 1. The highest BCUT2D eigenvalue weighted by Gasteiger charge is 2.19. The van der Waals surface area contributed by atoms with Crippen LogP contribution in [0.3, 0.4) is 0 Å². The molecule has 0 aliphatic rings. The fourth-order valence-corrected chi connectivity index (χ4v) is 1.87. The lowest BCUT2D eigenvalue weighted by molar-refractivity contribution is -0.385. The molecule has 0 aliphatic heterocycles. The zero-order valence-electron chi connectivity index (χ0n) is 10.3. The fraction of sp³-hybridized carbons (Fsp3) is 0.273. The zero-order valence-corrected chi connectivity index (χ0v) is 11.0. The van der Waals surface area contributed by atoms with Crippen LogP contribution < -0.4 is 5.73 Å². The third kappa shape index (κ3) is 4.82. The van der Waals surface area contributed by atoms with E-state index >= 15 is 0 Å². The first-order valence-corrected chi connectivity index (χ1v) is 5.82. The van der Waals surface area contributed by atoms with Gasteiger partial charge in [0.2, 0.25) is 5.91 Å². The van der Waals surface area contributed by atoms with E-state index in [2.05, 4.69) is 0 Å². The molecule has 0 atom stereocenters. The van der Waals surface area contributed by atoms with Gasteiger partial charge in [0.1, 0.15) is 0 Å². The number of nitro groups is 1. The Hall–Kier alpha value is -2.19. The second-order valence-corrected chi connectivity index (χ2v) is 4.47. The molecule has 0 aliphatic carbocycles. The quantitative estimate of drug-likeness (QED) is 0.561. The van der Waals surface area contributed by atoms with E-state index in [-0.39, 0.29) is 29.4 Å².